The number of halogens is 1. The first-order chi connectivity index (χ1) is 8.60. The molecule has 1 atom stereocenters. The zero-order chi connectivity index (χ0) is 13.2. The summed E-state index contributed by atoms with van der Waals surface area (Å²) in [7, 11) is 1.55. The number of hydrogen-bond acceptors (Lipinski definition) is 2. The molecule has 2 nitrogen and oxygen atoms in total. The average molecular weight is 251 g/mol. The van der Waals surface area contributed by atoms with E-state index in [-0.39, 0.29) is 11.9 Å². The fourth-order valence-corrected chi connectivity index (χ4v) is 2.30. The second-order valence-corrected chi connectivity index (χ2v) is 5.34. The van der Waals surface area contributed by atoms with Gasteiger partial charge < -0.3 is 10.1 Å². The molecular formula is C15H22FNO. The first-order valence-electron chi connectivity index (χ1n) is 6.67. The van der Waals surface area contributed by atoms with Crippen molar-refractivity contribution < 1.29 is 9.13 Å². The van der Waals surface area contributed by atoms with Crippen LogP contribution in [-0.2, 0) is 0 Å². The smallest absolute Gasteiger partial charge is 0.131 e. The van der Waals surface area contributed by atoms with Crippen LogP contribution in [0.5, 0.6) is 5.75 Å². The molecule has 1 saturated carbocycles. The lowest BCUT2D eigenvalue weighted by Gasteiger charge is -2.19. The van der Waals surface area contributed by atoms with Gasteiger partial charge in [0.25, 0.3) is 0 Å². The molecule has 0 radical (unpaired) electrons. The van der Waals surface area contributed by atoms with E-state index >= 15 is 0 Å². The van der Waals surface area contributed by atoms with Crippen LogP contribution in [0.1, 0.15) is 44.7 Å². The monoisotopic (exact) mass is 251 g/mol. The number of methoxy groups -OCH3 is 1. The molecule has 0 spiro atoms. The Balaban J connectivity index is 1.98. The third kappa shape index (κ3) is 2.83. The number of rotatable bonds is 6. The highest BCUT2D eigenvalue weighted by molar-refractivity contribution is 5.30. The summed E-state index contributed by atoms with van der Waals surface area (Å²) in [5.41, 5.74) is 1.19. The van der Waals surface area contributed by atoms with Crippen molar-refractivity contribution >= 4 is 0 Å². The second kappa shape index (κ2) is 5.27. The van der Waals surface area contributed by atoms with Crippen LogP contribution in [0.15, 0.2) is 18.2 Å². The topological polar surface area (TPSA) is 21.3 Å². The van der Waals surface area contributed by atoms with Gasteiger partial charge in [-0.05, 0) is 37.7 Å². The average Bonchev–Trinajstić information content (AvgIpc) is 3.16. The van der Waals surface area contributed by atoms with E-state index in [1.54, 1.807) is 13.2 Å². The normalized spacial score (nSPS) is 18.4. The van der Waals surface area contributed by atoms with Crippen LogP contribution < -0.4 is 10.1 Å². The molecule has 100 valence electrons. The number of hydrogen-bond donors (Lipinski definition) is 1. The zero-order valence-electron chi connectivity index (χ0n) is 11.4. The first kappa shape index (κ1) is 13.3. The van der Waals surface area contributed by atoms with Crippen molar-refractivity contribution in [1.29, 1.82) is 0 Å². The van der Waals surface area contributed by atoms with Crippen molar-refractivity contribution in [1.82, 2.24) is 5.32 Å². The molecule has 0 aromatic heterocycles. The molecule has 0 saturated heterocycles. The van der Waals surface area contributed by atoms with Crippen LogP contribution in [0.4, 0.5) is 4.39 Å². The van der Waals surface area contributed by atoms with E-state index in [4.69, 9.17) is 4.74 Å². The van der Waals surface area contributed by atoms with Crippen molar-refractivity contribution in [2.75, 3.05) is 13.7 Å². The van der Waals surface area contributed by atoms with Crippen LogP contribution in [-0.4, -0.2) is 13.7 Å². The highest BCUT2D eigenvalue weighted by Gasteiger charge is 2.40. The summed E-state index contributed by atoms with van der Waals surface area (Å²) in [6, 6.07) is 5.10. The van der Waals surface area contributed by atoms with Crippen LogP contribution in [0.3, 0.4) is 0 Å². The summed E-state index contributed by atoms with van der Waals surface area (Å²) >= 11 is 0. The first-order valence-corrected chi connectivity index (χ1v) is 6.67. The van der Waals surface area contributed by atoms with Gasteiger partial charge in [-0.3, -0.25) is 0 Å². The van der Waals surface area contributed by atoms with Crippen LogP contribution in [0, 0.1) is 11.2 Å². The Morgan fingerprint density at radius 1 is 1.44 bits per heavy atom. The number of nitrogens with one attached hydrogen (secondary N) is 1. The molecule has 0 amide bonds. The molecule has 2 rings (SSSR count). The van der Waals surface area contributed by atoms with E-state index in [1.807, 2.05) is 13.0 Å². The molecular weight excluding hydrogens is 229 g/mol. The van der Waals surface area contributed by atoms with Crippen LogP contribution in [0.25, 0.3) is 0 Å². The minimum Gasteiger partial charge on any atom is -0.497 e. The quantitative estimate of drug-likeness (QED) is 0.832. The van der Waals surface area contributed by atoms with Gasteiger partial charge in [-0.15, -0.1) is 0 Å². The van der Waals surface area contributed by atoms with E-state index in [0.29, 0.717) is 16.7 Å². The highest BCUT2D eigenvalue weighted by atomic mass is 19.1. The van der Waals surface area contributed by atoms with Crippen LogP contribution >= 0.6 is 0 Å². The molecule has 18 heavy (non-hydrogen) atoms. The van der Waals surface area contributed by atoms with Gasteiger partial charge in [0.1, 0.15) is 11.6 Å². The predicted octanol–water partition coefficient (Wildman–Crippen LogP) is 3.68. The Morgan fingerprint density at radius 3 is 2.67 bits per heavy atom. The van der Waals surface area contributed by atoms with E-state index in [9.17, 15) is 4.39 Å². The maximum Gasteiger partial charge on any atom is 0.131 e. The Morgan fingerprint density at radius 2 is 2.17 bits per heavy atom. The van der Waals surface area contributed by atoms with Crippen LogP contribution in [0.2, 0.25) is 0 Å². The van der Waals surface area contributed by atoms with Gasteiger partial charge in [-0.1, -0.05) is 13.0 Å². The van der Waals surface area contributed by atoms with Crippen molar-refractivity contribution in [2.45, 2.75) is 39.2 Å². The number of benzene rings is 1. The minimum absolute atomic E-state index is 0.0416. The molecule has 0 heterocycles. The lowest BCUT2D eigenvalue weighted by molar-refractivity contribution is 0.401. The van der Waals surface area contributed by atoms with E-state index < -0.39 is 0 Å². The standard InChI is InChI=1S/C15H22FNO/c1-4-15(7-8-15)10-17-11(2)13-6-5-12(18-3)9-14(13)16/h5-6,9,11,17H,4,7-8,10H2,1-3H3. The third-order valence-electron chi connectivity index (χ3n) is 4.16. The lowest BCUT2D eigenvalue weighted by atomic mass is 10.0. The molecule has 1 aliphatic rings. The minimum atomic E-state index is -0.198. The summed E-state index contributed by atoms with van der Waals surface area (Å²) in [4.78, 5) is 0. The van der Waals surface area contributed by atoms with E-state index in [0.717, 1.165) is 6.54 Å². The number of ether oxygens (including phenoxy) is 1. The summed E-state index contributed by atoms with van der Waals surface area (Å²) in [5.74, 6) is 0.367. The van der Waals surface area contributed by atoms with Gasteiger partial charge in [0.2, 0.25) is 0 Å². The van der Waals surface area contributed by atoms with Gasteiger partial charge in [0, 0.05) is 24.2 Å². The zero-order valence-corrected chi connectivity index (χ0v) is 11.4. The Bertz CT molecular complexity index is 415. The van der Waals surface area contributed by atoms with E-state index in [2.05, 4.69) is 12.2 Å². The fourth-order valence-electron chi connectivity index (χ4n) is 2.30. The summed E-state index contributed by atoms with van der Waals surface area (Å²) in [5, 5.41) is 3.45. The van der Waals surface area contributed by atoms with Crippen molar-refractivity contribution in [3.8, 4) is 5.75 Å². The Hall–Kier alpha value is -1.09. The molecule has 1 fully saturated rings. The van der Waals surface area contributed by atoms with Gasteiger partial charge in [-0.25, -0.2) is 4.39 Å². The molecule has 1 unspecified atom stereocenters. The molecule has 1 aromatic rings. The molecule has 3 heteroatoms. The summed E-state index contributed by atoms with van der Waals surface area (Å²) in [6.07, 6.45) is 3.81. The van der Waals surface area contributed by atoms with Crippen molar-refractivity contribution in [3.05, 3.63) is 29.6 Å². The molecule has 0 aliphatic heterocycles. The predicted molar refractivity (Wildman–Crippen MR) is 71.3 cm³/mol. The summed E-state index contributed by atoms with van der Waals surface area (Å²) < 4.78 is 18.9. The maximum absolute atomic E-state index is 13.9. The Kier molecular flexibility index (Phi) is 3.91. The lowest BCUT2D eigenvalue weighted by Crippen LogP contribution is -2.27. The van der Waals surface area contributed by atoms with Crippen molar-refractivity contribution in [2.24, 2.45) is 5.41 Å². The maximum atomic E-state index is 13.9. The Labute approximate surface area is 109 Å². The largest absolute Gasteiger partial charge is 0.497 e. The molecule has 0 bridgehead atoms. The van der Waals surface area contributed by atoms with Gasteiger partial charge in [0.15, 0.2) is 0 Å². The van der Waals surface area contributed by atoms with Gasteiger partial charge >= 0.3 is 0 Å². The van der Waals surface area contributed by atoms with E-state index in [1.165, 1.54) is 25.3 Å². The SMILES string of the molecule is CCC1(CNC(C)c2ccc(OC)cc2F)CC1. The molecule has 1 aliphatic carbocycles. The third-order valence-corrected chi connectivity index (χ3v) is 4.16. The summed E-state index contributed by atoms with van der Waals surface area (Å²) in [6.45, 7) is 5.22. The van der Waals surface area contributed by atoms with Gasteiger partial charge in [0.05, 0.1) is 7.11 Å². The molecule has 1 aromatic carbocycles. The second-order valence-electron chi connectivity index (χ2n) is 5.34. The highest BCUT2D eigenvalue weighted by Crippen LogP contribution is 2.48. The fraction of sp³-hybridized carbons (Fsp3) is 0.600. The van der Waals surface area contributed by atoms with Crippen molar-refractivity contribution in [3.63, 3.8) is 0 Å². The van der Waals surface area contributed by atoms with Gasteiger partial charge in [-0.2, -0.15) is 0 Å². The molecule has 1 N–H and O–H groups in total.